The Balaban J connectivity index is 0.00000324. The Morgan fingerprint density at radius 2 is 1.95 bits per heavy atom. The molecule has 0 aliphatic rings. The first-order chi connectivity index (χ1) is 8.09. The van der Waals surface area contributed by atoms with Gasteiger partial charge in [-0.25, -0.2) is 13.1 Å². The van der Waals surface area contributed by atoms with Crippen molar-refractivity contribution in [2.45, 2.75) is 12.2 Å². The van der Waals surface area contributed by atoms with Gasteiger partial charge in [-0.2, -0.15) is 13.2 Å². The van der Waals surface area contributed by atoms with Gasteiger partial charge in [-0.1, -0.05) is 12.1 Å². The predicted octanol–water partition coefficient (Wildman–Crippen LogP) is 1.68. The summed E-state index contributed by atoms with van der Waals surface area (Å²) in [4.78, 5) is 0. The standard InChI is InChI=1S/C10H13F3N2O2S.ClH/c1-18(16,17)15-6-9(14)7-3-2-4-8(5-7)10(11,12)13;/h2-5,9,15H,6,14H2,1H3;1H. The van der Waals surface area contributed by atoms with Crippen molar-refractivity contribution in [1.82, 2.24) is 4.72 Å². The van der Waals surface area contributed by atoms with Gasteiger partial charge in [0.25, 0.3) is 0 Å². The van der Waals surface area contributed by atoms with Crippen LogP contribution < -0.4 is 10.5 Å². The van der Waals surface area contributed by atoms with Crippen LogP contribution in [0.1, 0.15) is 17.2 Å². The van der Waals surface area contributed by atoms with Crippen LogP contribution in [0.15, 0.2) is 24.3 Å². The fourth-order valence-electron chi connectivity index (χ4n) is 1.30. The molecule has 1 aromatic rings. The lowest BCUT2D eigenvalue weighted by Crippen LogP contribution is -2.31. The van der Waals surface area contributed by atoms with Gasteiger partial charge in [-0.05, 0) is 17.7 Å². The van der Waals surface area contributed by atoms with Gasteiger partial charge >= 0.3 is 6.18 Å². The first-order valence-electron chi connectivity index (χ1n) is 4.97. The van der Waals surface area contributed by atoms with Crippen LogP contribution in [0.2, 0.25) is 0 Å². The van der Waals surface area contributed by atoms with E-state index in [2.05, 4.69) is 4.72 Å². The van der Waals surface area contributed by atoms with Gasteiger partial charge in [0.2, 0.25) is 10.0 Å². The molecule has 0 heterocycles. The number of nitrogens with two attached hydrogens (primary N) is 1. The molecule has 0 spiro atoms. The average Bonchev–Trinajstić information content (AvgIpc) is 2.24. The summed E-state index contributed by atoms with van der Waals surface area (Å²) in [5, 5.41) is 0. The van der Waals surface area contributed by atoms with E-state index in [0.29, 0.717) is 0 Å². The van der Waals surface area contributed by atoms with Crippen LogP contribution in [-0.4, -0.2) is 21.2 Å². The molecule has 1 rings (SSSR count). The molecule has 0 aliphatic carbocycles. The molecule has 0 aromatic heterocycles. The van der Waals surface area contributed by atoms with E-state index < -0.39 is 27.8 Å². The summed E-state index contributed by atoms with van der Waals surface area (Å²) in [6.07, 6.45) is -3.49. The van der Waals surface area contributed by atoms with Crippen LogP contribution >= 0.6 is 12.4 Å². The molecule has 1 unspecified atom stereocenters. The topological polar surface area (TPSA) is 72.2 Å². The minimum Gasteiger partial charge on any atom is -0.323 e. The van der Waals surface area contributed by atoms with Gasteiger partial charge in [0.15, 0.2) is 0 Å². The summed E-state index contributed by atoms with van der Waals surface area (Å²) >= 11 is 0. The van der Waals surface area contributed by atoms with E-state index in [1.165, 1.54) is 12.1 Å². The number of halogens is 4. The third-order valence-corrected chi connectivity index (χ3v) is 2.90. The second-order valence-corrected chi connectivity index (χ2v) is 5.68. The van der Waals surface area contributed by atoms with Crippen LogP contribution in [-0.2, 0) is 16.2 Å². The fraction of sp³-hybridized carbons (Fsp3) is 0.400. The maximum Gasteiger partial charge on any atom is 0.416 e. The van der Waals surface area contributed by atoms with Crippen LogP contribution in [0, 0.1) is 0 Å². The van der Waals surface area contributed by atoms with Crippen molar-refractivity contribution in [1.29, 1.82) is 0 Å². The highest BCUT2D eigenvalue weighted by molar-refractivity contribution is 7.88. The smallest absolute Gasteiger partial charge is 0.323 e. The van der Waals surface area contributed by atoms with Gasteiger partial charge < -0.3 is 5.73 Å². The van der Waals surface area contributed by atoms with Crippen LogP contribution in [0.3, 0.4) is 0 Å². The summed E-state index contributed by atoms with van der Waals surface area (Å²) in [6.45, 7) is -0.153. The Labute approximate surface area is 115 Å². The fourth-order valence-corrected chi connectivity index (χ4v) is 1.79. The molecule has 0 radical (unpaired) electrons. The van der Waals surface area contributed by atoms with Crippen molar-refractivity contribution in [2.24, 2.45) is 5.73 Å². The zero-order valence-electron chi connectivity index (χ0n) is 9.94. The molecule has 0 bridgehead atoms. The summed E-state index contributed by atoms with van der Waals surface area (Å²) in [5.74, 6) is 0. The van der Waals surface area contributed by atoms with Crippen molar-refractivity contribution in [3.05, 3.63) is 35.4 Å². The van der Waals surface area contributed by atoms with E-state index in [0.717, 1.165) is 18.4 Å². The Kier molecular flexibility index (Phi) is 6.27. The van der Waals surface area contributed by atoms with Crippen LogP contribution in [0.4, 0.5) is 13.2 Å². The molecule has 1 atom stereocenters. The number of sulfonamides is 1. The molecule has 4 nitrogen and oxygen atoms in total. The van der Waals surface area contributed by atoms with E-state index in [1.807, 2.05) is 0 Å². The summed E-state index contributed by atoms with van der Waals surface area (Å²) in [5.41, 5.74) is 5.03. The van der Waals surface area contributed by atoms with Crippen molar-refractivity contribution in [3.8, 4) is 0 Å². The molecular formula is C10H14ClF3N2O2S. The normalized spacial score (nSPS) is 13.7. The number of hydrogen-bond acceptors (Lipinski definition) is 3. The number of alkyl halides is 3. The van der Waals surface area contributed by atoms with Crippen molar-refractivity contribution < 1.29 is 21.6 Å². The van der Waals surface area contributed by atoms with Gasteiger partial charge in [0, 0.05) is 12.6 Å². The van der Waals surface area contributed by atoms with Crippen LogP contribution in [0.25, 0.3) is 0 Å². The zero-order valence-corrected chi connectivity index (χ0v) is 11.6. The van der Waals surface area contributed by atoms with E-state index in [9.17, 15) is 21.6 Å². The predicted molar refractivity (Wildman–Crippen MR) is 68.5 cm³/mol. The van der Waals surface area contributed by atoms with Gasteiger partial charge in [0.1, 0.15) is 0 Å². The number of benzene rings is 1. The monoisotopic (exact) mass is 318 g/mol. The average molecular weight is 319 g/mol. The molecule has 9 heteroatoms. The largest absolute Gasteiger partial charge is 0.416 e. The Morgan fingerprint density at radius 1 is 1.37 bits per heavy atom. The summed E-state index contributed by atoms with van der Waals surface area (Å²) in [6, 6.07) is 3.67. The molecule has 110 valence electrons. The Hall–Kier alpha value is -0.830. The SMILES string of the molecule is CS(=O)(=O)NCC(N)c1cccc(C(F)(F)F)c1.Cl. The van der Waals surface area contributed by atoms with Gasteiger partial charge in [-0.3, -0.25) is 0 Å². The van der Waals surface area contributed by atoms with Crippen molar-refractivity contribution in [3.63, 3.8) is 0 Å². The molecule has 0 fully saturated rings. The van der Waals surface area contributed by atoms with Crippen LogP contribution in [0.5, 0.6) is 0 Å². The minimum absolute atomic E-state index is 0. The lowest BCUT2D eigenvalue weighted by Gasteiger charge is -2.14. The molecule has 0 aliphatic heterocycles. The lowest BCUT2D eigenvalue weighted by atomic mass is 10.0. The third-order valence-electron chi connectivity index (χ3n) is 2.21. The molecule has 0 saturated heterocycles. The summed E-state index contributed by atoms with van der Waals surface area (Å²) in [7, 11) is -3.42. The van der Waals surface area contributed by atoms with Crippen molar-refractivity contribution in [2.75, 3.05) is 12.8 Å². The highest BCUT2D eigenvalue weighted by Crippen LogP contribution is 2.30. The molecule has 1 aromatic carbocycles. The zero-order chi connectivity index (χ0) is 14.0. The first-order valence-corrected chi connectivity index (χ1v) is 6.86. The summed E-state index contributed by atoms with van der Waals surface area (Å²) < 4.78 is 61.2. The second kappa shape index (κ2) is 6.56. The maximum atomic E-state index is 12.5. The number of rotatable bonds is 4. The molecular weight excluding hydrogens is 305 g/mol. The van der Waals surface area contributed by atoms with Crippen molar-refractivity contribution >= 4 is 22.4 Å². The maximum absolute atomic E-state index is 12.5. The molecule has 19 heavy (non-hydrogen) atoms. The van der Waals surface area contributed by atoms with Gasteiger partial charge in [-0.15, -0.1) is 12.4 Å². The van der Waals surface area contributed by atoms with Gasteiger partial charge in [0.05, 0.1) is 11.8 Å². The van der Waals surface area contributed by atoms with E-state index >= 15 is 0 Å². The molecule has 3 N–H and O–H groups in total. The highest BCUT2D eigenvalue weighted by atomic mass is 35.5. The quantitative estimate of drug-likeness (QED) is 0.887. The Morgan fingerprint density at radius 3 is 2.42 bits per heavy atom. The Bertz CT molecular complexity index is 520. The van der Waals surface area contributed by atoms with E-state index in [4.69, 9.17) is 5.73 Å². The number of hydrogen-bond donors (Lipinski definition) is 2. The number of nitrogens with one attached hydrogen (secondary N) is 1. The highest BCUT2D eigenvalue weighted by Gasteiger charge is 2.30. The van der Waals surface area contributed by atoms with E-state index in [1.54, 1.807) is 0 Å². The minimum atomic E-state index is -4.44. The third kappa shape index (κ3) is 6.24. The second-order valence-electron chi connectivity index (χ2n) is 3.85. The first kappa shape index (κ1) is 18.2. The molecule has 0 saturated carbocycles. The van der Waals surface area contributed by atoms with E-state index in [-0.39, 0.29) is 24.5 Å². The lowest BCUT2D eigenvalue weighted by molar-refractivity contribution is -0.137. The molecule has 0 amide bonds.